The topological polar surface area (TPSA) is 12.0 Å². The predicted octanol–water partition coefficient (Wildman–Crippen LogP) is 4.69. The van der Waals surface area contributed by atoms with Crippen LogP contribution in [0.5, 0.6) is 0 Å². The smallest absolute Gasteiger partial charge is 0.0468 e. The maximum Gasteiger partial charge on any atom is 0.0468 e. The van der Waals surface area contributed by atoms with Crippen LogP contribution in [0.4, 0.5) is 0 Å². The monoisotopic (exact) mass is 283 g/mol. The first kappa shape index (κ1) is 12.8. The second kappa shape index (κ2) is 5.03. The van der Waals surface area contributed by atoms with E-state index < -0.39 is 0 Å². The molecule has 0 aromatic heterocycles. The third-order valence-electron chi connectivity index (χ3n) is 4.83. The maximum atomic E-state index is 6.36. The van der Waals surface area contributed by atoms with Crippen molar-refractivity contribution in [2.45, 2.75) is 31.7 Å². The Morgan fingerprint density at radius 3 is 2.61 bits per heavy atom. The lowest BCUT2D eigenvalue weighted by molar-refractivity contribution is 0.259. The van der Waals surface area contributed by atoms with Gasteiger partial charge in [0.25, 0.3) is 0 Å². The van der Waals surface area contributed by atoms with Crippen molar-refractivity contribution in [2.75, 3.05) is 7.05 Å². The number of benzene rings is 1. The zero-order valence-electron chi connectivity index (χ0n) is 10.6. The number of halogens is 2. The van der Waals surface area contributed by atoms with Gasteiger partial charge in [-0.1, -0.05) is 35.7 Å². The second-order valence-corrected chi connectivity index (χ2v) is 6.61. The van der Waals surface area contributed by atoms with Crippen LogP contribution in [-0.4, -0.2) is 7.05 Å². The molecule has 1 aromatic carbocycles. The van der Waals surface area contributed by atoms with Crippen LogP contribution in [0.1, 0.15) is 37.3 Å². The molecule has 4 atom stereocenters. The molecule has 2 bridgehead atoms. The first-order valence-electron chi connectivity index (χ1n) is 6.81. The van der Waals surface area contributed by atoms with Crippen LogP contribution in [-0.2, 0) is 0 Å². The minimum Gasteiger partial charge on any atom is -0.313 e. The Bertz CT molecular complexity index is 446. The Morgan fingerprint density at radius 1 is 1.22 bits per heavy atom. The summed E-state index contributed by atoms with van der Waals surface area (Å²) in [4.78, 5) is 0. The number of rotatable bonds is 3. The van der Waals surface area contributed by atoms with Gasteiger partial charge in [-0.15, -0.1) is 0 Å². The average molecular weight is 284 g/mol. The van der Waals surface area contributed by atoms with Crippen molar-refractivity contribution in [3.05, 3.63) is 33.8 Å². The summed E-state index contributed by atoms with van der Waals surface area (Å²) in [5, 5.41) is 4.99. The fourth-order valence-electron chi connectivity index (χ4n) is 4.06. The highest BCUT2D eigenvalue weighted by atomic mass is 35.5. The SMILES string of the molecule is CNC(c1ccc(Cl)cc1Cl)C1CC2CCC1C2. The Kier molecular flexibility index (Phi) is 3.57. The van der Waals surface area contributed by atoms with Crippen LogP contribution >= 0.6 is 23.2 Å². The summed E-state index contributed by atoms with van der Waals surface area (Å²) in [5.41, 5.74) is 1.21. The summed E-state index contributed by atoms with van der Waals surface area (Å²) in [6.45, 7) is 0. The number of hydrogen-bond donors (Lipinski definition) is 1. The first-order valence-corrected chi connectivity index (χ1v) is 7.57. The van der Waals surface area contributed by atoms with Gasteiger partial charge in [0.2, 0.25) is 0 Å². The standard InChI is InChI=1S/C15H19Cl2N/c1-18-15(12-5-4-11(16)8-14(12)17)13-7-9-2-3-10(13)6-9/h4-5,8-10,13,15,18H,2-3,6-7H2,1H3. The van der Waals surface area contributed by atoms with Crippen molar-refractivity contribution in [1.29, 1.82) is 0 Å². The molecule has 3 rings (SSSR count). The zero-order valence-corrected chi connectivity index (χ0v) is 12.1. The van der Waals surface area contributed by atoms with E-state index in [0.717, 1.165) is 22.8 Å². The van der Waals surface area contributed by atoms with E-state index in [4.69, 9.17) is 23.2 Å². The van der Waals surface area contributed by atoms with Crippen molar-refractivity contribution in [1.82, 2.24) is 5.32 Å². The highest BCUT2D eigenvalue weighted by Gasteiger charge is 2.43. The van der Waals surface area contributed by atoms with Crippen LogP contribution in [0.2, 0.25) is 10.0 Å². The number of nitrogens with one attached hydrogen (secondary N) is 1. The fraction of sp³-hybridized carbons (Fsp3) is 0.600. The van der Waals surface area contributed by atoms with Crippen molar-refractivity contribution in [3.8, 4) is 0 Å². The van der Waals surface area contributed by atoms with E-state index in [-0.39, 0.29) is 0 Å². The van der Waals surface area contributed by atoms with Crippen molar-refractivity contribution >= 4 is 23.2 Å². The zero-order chi connectivity index (χ0) is 12.7. The Hall–Kier alpha value is -0.240. The largest absolute Gasteiger partial charge is 0.313 e. The molecule has 1 nitrogen and oxygen atoms in total. The molecule has 0 aliphatic heterocycles. The molecule has 1 aromatic rings. The summed E-state index contributed by atoms with van der Waals surface area (Å²) in [7, 11) is 2.04. The van der Waals surface area contributed by atoms with Crippen LogP contribution < -0.4 is 5.32 Å². The van der Waals surface area contributed by atoms with Gasteiger partial charge < -0.3 is 5.32 Å². The van der Waals surface area contributed by atoms with Gasteiger partial charge in [-0.2, -0.15) is 0 Å². The summed E-state index contributed by atoms with van der Waals surface area (Å²) >= 11 is 12.3. The van der Waals surface area contributed by atoms with Gasteiger partial charge >= 0.3 is 0 Å². The van der Waals surface area contributed by atoms with Gasteiger partial charge in [0.15, 0.2) is 0 Å². The number of hydrogen-bond acceptors (Lipinski definition) is 1. The highest BCUT2D eigenvalue weighted by Crippen LogP contribution is 2.53. The molecule has 0 amide bonds. The van der Waals surface area contributed by atoms with Crippen LogP contribution in [0.25, 0.3) is 0 Å². The van der Waals surface area contributed by atoms with Crippen LogP contribution in [0.3, 0.4) is 0 Å². The third kappa shape index (κ3) is 2.17. The molecular formula is C15H19Cl2N. The number of fused-ring (bicyclic) bond motifs is 2. The minimum absolute atomic E-state index is 0.380. The highest BCUT2D eigenvalue weighted by molar-refractivity contribution is 6.35. The molecule has 3 heteroatoms. The van der Waals surface area contributed by atoms with Crippen molar-refractivity contribution in [3.63, 3.8) is 0 Å². The van der Waals surface area contributed by atoms with Crippen LogP contribution in [0, 0.1) is 17.8 Å². The van der Waals surface area contributed by atoms with Gasteiger partial charge in [-0.05, 0) is 61.8 Å². The maximum absolute atomic E-state index is 6.36. The van der Waals surface area contributed by atoms with E-state index in [9.17, 15) is 0 Å². The molecule has 0 heterocycles. The molecule has 2 saturated carbocycles. The molecule has 18 heavy (non-hydrogen) atoms. The van der Waals surface area contributed by atoms with E-state index >= 15 is 0 Å². The lowest BCUT2D eigenvalue weighted by Gasteiger charge is -2.31. The van der Waals surface area contributed by atoms with Gasteiger partial charge in [-0.3, -0.25) is 0 Å². The predicted molar refractivity (Wildman–Crippen MR) is 77.2 cm³/mol. The van der Waals surface area contributed by atoms with E-state index in [1.165, 1.54) is 31.2 Å². The molecule has 0 radical (unpaired) electrons. The first-order chi connectivity index (χ1) is 8.69. The molecule has 0 saturated heterocycles. The Balaban J connectivity index is 1.88. The summed E-state index contributed by atoms with van der Waals surface area (Å²) < 4.78 is 0. The van der Waals surface area contributed by atoms with Gasteiger partial charge in [-0.25, -0.2) is 0 Å². The van der Waals surface area contributed by atoms with E-state index in [1.54, 1.807) is 0 Å². The van der Waals surface area contributed by atoms with E-state index in [1.807, 2.05) is 19.2 Å². The molecule has 0 spiro atoms. The molecule has 1 N–H and O–H groups in total. The summed E-state index contributed by atoms with van der Waals surface area (Å²) in [5.74, 6) is 2.59. The normalized spacial score (nSPS) is 31.8. The second-order valence-electron chi connectivity index (χ2n) is 5.77. The quantitative estimate of drug-likeness (QED) is 0.849. The lowest BCUT2D eigenvalue weighted by atomic mass is 9.80. The molecule has 2 fully saturated rings. The third-order valence-corrected chi connectivity index (χ3v) is 5.39. The average Bonchev–Trinajstić information content (AvgIpc) is 2.95. The van der Waals surface area contributed by atoms with Gasteiger partial charge in [0.05, 0.1) is 0 Å². The Morgan fingerprint density at radius 2 is 2.06 bits per heavy atom. The minimum atomic E-state index is 0.380. The lowest BCUT2D eigenvalue weighted by Crippen LogP contribution is -2.29. The molecule has 2 aliphatic carbocycles. The molecular weight excluding hydrogens is 265 g/mol. The van der Waals surface area contributed by atoms with Gasteiger partial charge in [0.1, 0.15) is 0 Å². The van der Waals surface area contributed by atoms with E-state index in [2.05, 4.69) is 11.4 Å². The van der Waals surface area contributed by atoms with Crippen molar-refractivity contribution < 1.29 is 0 Å². The summed E-state index contributed by atoms with van der Waals surface area (Å²) in [6.07, 6.45) is 5.62. The molecule has 2 aliphatic rings. The molecule has 98 valence electrons. The Labute approximate surface area is 119 Å². The van der Waals surface area contributed by atoms with Crippen molar-refractivity contribution in [2.24, 2.45) is 17.8 Å². The van der Waals surface area contributed by atoms with E-state index in [0.29, 0.717) is 11.1 Å². The summed E-state index contributed by atoms with van der Waals surface area (Å²) in [6, 6.07) is 6.26. The molecule has 4 unspecified atom stereocenters. The van der Waals surface area contributed by atoms with Gasteiger partial charge in [0, 0.05) is 16.1 Å². The van der Waals surface area contributed by atoms with Crippen LogP contribution in [0.15, 0.2) is 18.2 Å². The fourth-order valence-corrected chi connectivity index (χ4v) is 4.58.